The van der Waals surface area contributed by atoms with Gasteiger partial charge in [0.2, 0.25) is 5.91 Å². The highest BCUT2D eigenvalue weighted by Crippen LogP contribution is 2.29. The average molecular weight is 434 g/mol. The Morgan fingerprint density at radius 2 is 1.83 bits per heavy atom. The lowest BCUT2D eigenvalue weighted by molar-refractivity contribution is -0.124. The van der Waals surface area contributed by atoms with Gasteiger partial charge in [-0.2, -0.15) is 4.31 Å². The molecule has 8 heteroatoms. The number of carbonyl (C=O) groups is 1. The molecule has 156 valence electrons. The first kappa shape index (κ1) is 20.5. The molecule has 2 atom stereocenters. The normalized spacial score (nSPS) is 22.0. The van der Waals surface area contributed by atoms with Crippen LogP contribution >= 0.6 is 11.3 Å². The van der Waals surface area contributed by atoms with Crippen LogP contribution in [0.15, 0.2) is 52.1 Å². The van der Waals surface area contributed by atoms with Gasteiger partial charge in [-0.15, -0.1) is 11.3 Å². The van der Waals surface area contributed by atoms with Crippen molar-refractivity contribution >= 4 is 27.3 Å². The number of nitrogens with zero attached hydrogens (tertiary/aromatic N) is 2. The summed E-state index contributed by atoms with van der Waals surface area (Å²) < 4.78 is 27.5. The second kappa shape index (κ2) is 8.95. The predicted molar refractivity (Wildman–Crippen MR) is 114 cm³/mol. The zero-order valence-corrected chi connectivity index (χ0v) is 18.0. The molecule has 2 aliphatic heterocycles. The number of amides is 1. The monoisotopic (exact) mass is 433 g/mol. The number of hydrogen-bond acceptors (Lipinski definition) is 5. The zero-order chi connectivity index (χ0) is 20.3. The van der Waals surface area contributed by atoms with Crippen molar-refractivity contribution in [1.82, 2.24) is 14.5 Å². The van der Waals surface area contributed by atoms with Gasteiger partial charge in [-0.3, -0.25) is 9.69 Å². The van der Waals surface area contributed by atoms with Crippen molar-refractivity contribution in [1.29, 1.82) is 0 Å². The van der Waals surface area contributed by atoms with E-state index in [1.165, 1.54) is 34.0 Å². The second-order valence-corrected chi connectivity index (χ2v) is 10.7. The Morgan fingerprint density at radius 1 is 1.07 bits per heavy atom. The van der Waals surface area contributed by atoms with E-state index in [1.807, 2.05) is 18.2 Å². The van der Waals surface area contributed by atoms with E-state index in [1.54, 1.807) is 17.5 Å². The van der Waals surface area contributed by atoms with Gasteiger partial charge in [-0.25, -0.2) is 8.42 Å². The summed E-state index contributed by atoms with van der Waals surface area (Å²) in [6.07, 6.45) is 3.62. The van der Waals surface area contributed by atoms with Gasteiger partial charge in [0.05, 0.1) is 6.04 Å². The van der Waals surface area contributed by atoms with Gasteiger partial charge >= 0.3 is 0 Å². The van der Waals surface area contributed by atoms with Crippen molar-refractivity contribution in [3.8, 4) is 0 Å². The minimum absolute atomic E-state index is 0.117. The number of nitrogens with one attached hydrogen (secondary N) is 1. The minimum atomic E-state index is -3.62. The molecule has 0 radical (unpaired) electrons. The molecule has 1 aromatic carbocycles. The van der Waals surface area contributed by atoms with Crippen LogP contribution < -0.4 is 5.32 Å². The molecule has 1 amide bonds. The summed E-state index contributed by atoms with van der Waals surface area (Å²) in [4.78, 5) is 15.4. The Kier molecular flexibility index (Phi) is 6.34. The fourth-order valence-electron chi connectivity index (χ4n) is 4.32. The first-order valence-corrected chi connectivity index (χ1v) is 12.5. The van der Waals surface area contributed by atoms with Crippen LogP contribution in [-0.4, -0.2) is 55.8 Å². The quantitative estimate of drug-likeness (QED) is 0.729. The maximum absolute atomic E-state index is 13.0. The van der Waals surface area contributed by atoms with Gasteiger partial charge in [0.1, 0.15) is 10.3 Å². The Bertz CT molecular complexity index is 910. The molecule has 3 heterocycles. The van der Waals surface area contributed by atoms with Crippen molar-refractivity contribution in [2.24, 2.45) is 0 Å². The summed E-state index contributed by atoms with van der Waals surface area (Å²) in [5.41, 5.74) is 1.18. The molecular weight excluding hydrogens is 406 g/mol. The molecule has 6 nitrogen and oxygen atoms in total. The summed E-state index contributed by atoms with van der Waals surface area (Å²) in [6, 6.07) is 13.0. The Morgan fingerprint density at radius 3 is 2.52 bits per heavy atom. The van der Waals surface area contributed by atoms with Crippen LogP contribution in [0, 0.1) is 0 Å². The van der Waals surface area contributed by atoms with E-state index in [0.717, 1.165) is 13.1 Å². The van der Waals surface area contributed by atoms with E-state index in [-0.39, 0.29) is 11.9 Å². The highest BCUT2D eigenvalue weighted by molar-refractivity contribution is 7.91. The maximum Gasteiger partial charge on any atom is 0.253 e. The molecular formula is C21H27N3O3S2. The molecule has 1 aromatic heterocycles. The summed E-state index contributed by atoms with van der Waals surface area (Å²) in [5, 5.41) is 4.81. The number of thiophene rings is 1. The number of rotatable bonds is 7. The standard InChI is InChI=1S/C21H27N3O3S2/c25-21(18-10-6-14-24(18)29(26,27)20-11-7-15-28-20)22-16-19(23-12-4-5-13-23)17-8-2-1-3-9-17/h1-3,7-9,11,15,18-19H,4-6,10,12-14,16H2,(H,22,25). The number of hydrogen-bond donors (Lipinski definition) is 1. The first-order valence-electron chi connectivity index (χ1n) is 10.2. The van der Waals surface area contributed by atoms with Crippen LogP contribution in [0.3, 0.4) is 0 Å². The molecule has 29 heavy (non-hydrogen) atoms. The third-order valence-electron chi connectivity index (χ3n) is 5.80. The van der Waals surface area contributed by atoms with Crippen molar-refractivity contribution in [3.05, 3.63) is 53.4 Å². The van der Waals surface area contributed by atoms with E-state index >= 15 is 0 Å². The third-order valence-corrected chi connectivity index (χ3v) is 9.08. The summed E-state index contributed by atoms with van der Waals surface area (Å²) in [5.74, 6) is -0.192. The van der Waals surface area contributed by atoms with Crippen LogP contribution in [-0.2, 0) is 14.8 Å². The first-order chi connectivity index (χ1) is 14.1. The SMILES string of the molecule is O=C(NCC(c1ccccc1)N1CCCC1)C1CCCN1S(=O)(=O)c1cccs1. The number of carbonyl (C=O) groups excluding carboxylic acids is 1. The van der Waals surface area contributed by atoms with Crippen LogP contribution in [0.25, 0.3) is 0 Å². The molecule has 0 spiro atoms. The van der Waals surface area contributed by atoms with Gasteiger partial charge in [0, 0.05) is 13.1 Å². The Hall–Kier alpha value is -1.74. The van der Waals surface area contributed by atoms with Crippen LogP contribution in [0.2, 0.25) is 0 Å². The van der Waals surface area contributed by atoms with E-state index < -0.39 is 16.1 Å². The Labute approximate surface area is 176 Å². The molecule has 0 aliphatic carbocycles. The molecule has 2 aromatic rings. The minimum Gasteiger partial charge on any atom is -0.353 e. The van der Waals surface area contributed by atoms with E-state index in [2.05, 4.69) is 22.3 Å². The van der Waals surface area contributed by atoms with Crippen molar-refractivity contribution < 1.29 is 13.2 Å². The fourth-order valence-corrected chi connectivity index (χ4v) is 7.09. The molecule has 2 saturated heterocycles. The second-order valence-electron chi connectivity index (χ2n) is 7.62. The van der Waals surface area contributed by atoms with E-state index in [0.29, 0.717) is 30.1 Å². The van der Waals surface area contributed by atoms with Crippen molar-refractivity contribution in [2.45, 2.75) is 42.0 Å². The van der Waals surface area contributed by atoms with Gasteiger partial charge < -0.3 is 5.32 Å². The zero-order valence-electron chi connectivity index (χ0n) is 16.4. The van der Waals surface area contributed by atoms with Gasteiger partial charge in [0.15, 0.2) is 0 Å². The number of sulfonamides is 1. The smallest absolute Gasteiger partial charge is 0.253 e. The fraction of sp³-hybridized carbons (Fsp3) is 0.476. The number of benzene rings is 1. The molecule has 2 aliphatic rings. The lowest BCUT2D eigenvalue weighted by Gasteiger charge is -2.29. The van der Waals surface area contributed by atoms with Gasteiger partial charge in [0.25, 0.3) is 10.0 Å². The van der Waals surface area contributed by atoms with Crippen molar-refractivity contribution in [3.63, 3.8) is 0 Å². The average Bonchev–Trinajstić information content (AvgIpc) is 3.51. The van der Waals surface area contributed by atoms with Crippen LogP contribution in [0.4, 0.5) is 0 Å². The summed E-state index contributed by atoms with van der Waals surface area (Å²) in [6.45, 7) is 2.94. The molecule has 0 bridgehead atoms. The summed E-state index contributed by atoms with van der Waals surface area (Å²) >= 11 is 1.19. The molecule has 1 N–H and O–H groups in total. The third kappa shape index (κ3) is 4.40. The molecule has 4 rings (SSSR count). The van der Waals surface area contributed by atoms with Crippen molar-refractivity contribution in [2.75, 3.05) is 26.2 Å². The lowest BCUT2D eigenvalue weighted by atomic mass is 10.1. The van der Waals surface area contributed by atoms with E-state index in [4.69, 9.17) is 0 Å². The number of likely N-dealkylation sites (tertiary alicyclic amines) is 1. The van der Waals surface area contributed by atoms with Gasteiger partial charge in [-0.05, 0) is 55.8 Å². The molecule has 2 fully saturated rings. The lowest BCUT2D eigenvalue weighted by Crippen LogP contribution is -2.47. The van der Waals surface area contributed by atoms with Crippen LogP contribution in [0.1, 0.15) is 37.3 Å². The largest absolute Gasteiger partial charge is 0.353 e. The highest BCUT2D eigenvalue weighted by atomic mass is 32.2. The molecule has 2 unspecified atom stereocenters. The summed E-state index contributed by atoms with van der Waals surface area (Å²) in [7, 11) is -3.62. The highest BCUT2D eigenvalue weighted by Gasteiger charge is 2.40. The molecule has 0 saturated carbocycles. The van der Waals surface area contributed by atoms with Gasteiger partial charge in [-0.1, -0.05) is 36.4 Å². The maximum atomic E-state index is 13.0. The predicted octanol–water partition coefficient (Wildman–Crippen LogP) is 2.85. The van der Waals surface area contributed by atoms with Crippen LogP contribution in [0.5, 0.6) is 0 Å². The van der Waals surface area contributed by atoms with E-state index in [9.17, 15) is 13.2 Å². The Balaban J connectivity index is 1.46. The topological polar surface area (TPSA) is 69.7 Å².